The van der Waals surface area contributed by atoms with Crippen molar-refractivity contribution in [3.63, 3.8) is 0 Å². The molecule has 0 unspecified atom stereocenters. The first-order valence-corrected chi connectivity index (χ1v) is 5.74. The summed E-state index contributed by atoms with van der Waals surface area (Å²) in [4.78, 5) is 22.2. The fourth-order valence-corrected chi connectivity index (χ4v) is 2.00. The Labute approximate surface area is 95.4 Å². The summed E-state index contributed by atoms with van der Waals surface area (Å²) in [5, 5.41) is 11.6. The summed E-state index contributed by atoms with van der Waals surface area (Å²) in [6, 6.07) is -0.484. The number of carboxylic acids is 1. The first kappa shape index (κ1) is 13.0. The Hall–Kier alpha value is -1.10. The molecule has 1 aliphatic carbocycles. The Balaban J connectivity index is 2.40. The predicted molar refractivity (Wildman–Crippen MR) is 59.8 cm³/mol. The molecular weight excluding hydrogens is 208 g/mol. The molecule has 0 aromatic heterocycles. The van der Waals surface area contributed by atoms with Gasteiger partial charge in [0.05, 0.1) is 12.5 Å². The lowest BCUT2D eigenvalue weighted by Gasteiger charge is -2.41. The van der Waals surface area contributed by atoms with E-state index in [0.29, 0.717) is 13.0 Å². The van der Waals surface area contributed by atoms with Crippen LogP contribution in [0.4, 0.5) is 0 Å². The zero-order chi connectivity index (χ0) is 12.2. The van der Waals surface area contributed by atoms with E-state index in [1.807, 2.05) is 6.92 Å². The van der Waals surface area contributed by atoms with Gasteiger partial charge in [-0.15, -0.1) is 0 Å². The summed E-state index contributed by atoms with van der Waals surface area (Å²) in [6.45, 7) is 2.28. The molecule has 0 heterocycles. The van der Waals surface area contributed by atoms with Gasteiger partial charge in [-0.3, -0.25) is 9.59 Å². The first-order chi connectivity index (χ1) is 7.49. The van der Waals surface area contributed by atoms with Gasteiger partial charge in [0.1, 0.15) is 0 Å². The van der Waals surface area contributed by atoms with E-state index in [9.17, 15) is 9.59 Å². The molecule has 1 fully saturated rings. The van der Waals surface area contributed by atoms with Crippen molar-refractivity contribution in [1.82, 2.24) is 5.32 Å². The number of hydrogen-bond acceptors (Lipinski definition) is 3. The van der Waals surface area contributed by atoms with Crippen LogP contribution in [0, 0.1) is 5.41 Å². The highest BCUT2D eigenvalue weighted by molar-refractivity contribution is 5.81. The average Bonchev–Trinajstić information content (AvgIpc) is 2.19. The van der Waals surface area contributed by atoms with E-state index in [2.05, 4.69) is 5.32 Å². The van der Waals surface area contributed by atoms with Crippen LogP contribution in [-0.2, 0) is 9.59 Å². The lowest BCUT2D eigenvalue weighted by molar-refractivity contribution is -0.142. The molecule has 0 aromatic carbocycles. The van der Waals surface area contributed by atoms with E-state index in [1.54, 1.807) is 0 Å². The maximum absolute atomic E-state index is 11.5. The summed E-state index contributed by atoms with van der Waals surface area (Å²) in [7, 11) is 0. The monoisotopic (exact) mass is 228 g/mol. The van der Waals surface area contributed by atoms with Gasteiger partial charge in [0.25, 0.3) is 0 Å². The van der Waals surface area contributed by atoms with Crippen LogP contribution in [0.25, 0.3) is 0 Å². The molecule has 16 heavy (non-hydrogen) atoms. The number of amides is 1. The molecule has 0 spiro atoms. The van der Waals surface area contributed by atoms with Gasteiger partial charge in [-0.25, -0.2) is 0 Å². The van der Waals surface area contributed by atoms with E-state index >= 15 is 0 Å². The van der Waals surface area contributed by atoms with Gasteiger partial charge in [0, 0.05) is 6.54 Å². The van der Waals surface area contributed by atoms with Crippen molar-refractivity contribution in [2.45, 2.75) is 45.1 Å². The van der Waals surface area contributed by atoms with Gasteiger partial charge < -0.3 is 16.2 Å². The molecule has 0 saturated heterocycles. The second-order valence-corrected chi connectivity index (χ2v) is 4.66. The Bertz CT molecular complexity index is 274. The maximum atomic E-state index is 11.5. The van der Waals surface area contributed by atoms with Gasteiger partial charge >= 0.3 is 5.97 Å². The van der Waals surface area contributed by atoms with Crippen LogP contribution in [-0.4, -0.2) is 29.6 Å². The minimum Gasteiger partial charge on any atom is -0.481 e. The number of hydrogen-bond donors (Lipinski definition) is 3. The van der Waals surface area contributed by atoms with E-state index in [4.69, 9.17) is 10.8 Å². The molecule has 4 N–H and O–H groups in total. The summed E-state index contributed by atoms with van der Waals surface area (Å²) >= 11 is 0. The van der Waals surface area contributed by atoms with Crippen LogP contribution in [0.5, 0.6) is 0 Å². The second kappa shape index (κ2) is 5.30. The second-order valence-electron chi connectivity index (χ2n) is 4.66. The number of nitrogens with two attached hydrogens (primary N) is 1. The number of carbonyl (C=O) groups is 2. The Morgan fingerprint density at radius 2 is 2.12 bits per heavy atom. The lowest BCUT2D eigenvalue weighted by atomic mass is 9.66. The molecule has 0 aromatic rings. The molecule has 0 radical (unpaired) electrons. The molecule has 1 saturated carbocycles. The Morgan fingerprint density at radius 1 is 1.50 bits per heavy atom. The van der Waals surface area contributed by atoms with Crippen LogP contribution in [0.1, 0.15) is 39.0 Å². The molecule has 1 amide bonds. The highest BCUT2D eigenvalue weighted by Crippen LogP contribution is 2.43. The minimum atomic E-state index is -0.797. The third-order valence-corrected chi connectivity index (χ3v) is 3.35. The number of nitrogens with one attached hydrogen (secondary N) is 1. The van der Waals surface area contributed by atoms with Gasteiger partial charge in [-0.2, -0.15) is 0 Å². The highest BCUT2D eigenvalue weighted by atomic mass is 16.4. The van der Waals surface area contributed by atoms with Crippen molar-refractivity contribution < 1.29 is 14.7 Å². The molecule has 5 nitrogen and oxygen atoms in total. The number of aliphatic carboxylic acids is 1. The number of carboxylic acid groups (broad SMARTS) is 1. The predicted octanol–water partition coefficient (Wildman–Crippen LogP) is 0.485. The molecule has 0 aliphatic heterocycles. The summed E-state index contributed by atoms with van der Waals surface area (Å²) in [5.41, 5.74) is 5.35. The normalized spacial score (nSPS) is 19.6. The zero-order valence-corrected chi connectivity index (χ0v) is 9.66. The van der Waals surface area contributed by atoms with Crippen LogP contribution in [0.3, 0.4) is 0 Å². The molecule has 0 bridgehead atoms. The molecule has 1 rings (SSSR count). The van der Waals surface area contributed by atoms with Crippen LogP contribution < -0.4 is 11.1 Å². The molecule has 5 heteroatoms. The Morgan fingerprint density at radius 3 is 2.50 bits per heavy atom. The Kier molecular flexibility index (Phi) is 4.29. The summed E-state index contributed by atoms with van der Waals surface area (Å²) in [5.74, 6) is -0.979. The first-order valence-electron chi connectivity index (χ1n) is 5.74. The van der Waals surface area contributed by atoms with Crippen molar-refractivity contribution >= 4 is 11.9 Å². The number of rotatable bonds is 6. The van der Waals surface area contributed by atoms with Crippen molar-refractivity contribution in [2.75, 3.05) is 6.54 Å². The molecule has 92 valence electrons. The van der Waals surface area contributed by atoms with E-state index in [-0.39, 0.29) is 17.7 Å². The summed E-state index contributed by atoms with van der Waals surface area (Å²) < 4.78 is 0. The standard InChI is InChI=1S/C11H20N2O3/c1-2-8(12)10(16)13-7-11(4-3-5-11)6-9(14)15/h8H,2-7,12H2,1H3,(H,13,16)(H,14,15)/t8-/m0/s1. The van der Waals surface area contributed by atoms with Crippen LogP contribution in [0.15, 0.2) is 0 Å². The SMILES string of the molecule is CC[C@H](N)C(=O)NCC1(CC(=O)O)CCC1. The van der Waals surface area contributed by atoms with Gasteiger partial charge in [0.2, 0.25) is 5.91 Å². The molecular formula is C11H20N2O3. The third-order valence-electron chi connectivity index (χ3n) is 3.35. The topological polar surface area (TPSA) is 92.4 Å². The van der Waals surface area contributed by atoms with E-state index in [0.717, 1.165) is 19.3 Å². The van der Waals surface area contributed by atoms with Gasteiger partial charge in [0.15, 0.2) is 0 Å². The fourth-order valence-electron chi connectivity index (χ4n) is 2.00. The van der Waals surface area contributed by atoms with Crippen LogP contribution >= 0.6 is 0 Å². The third kappa shape index (κ3) is 3.20. The summed E-state index contributed by atoms with van der Waals surface area (Å²) in [6.07, 6.45) is 3.53. The minimum absolute atomic E-state index is 0.134. The van der Waals surface area contributed by atoms with Gasteiger partial charge in [-0.1, -0.05) is 13.3 Å². The van der Waals surface area contributed by atoms with Crippen molar-refractivity contribution in [1.29, 1.82) is 0 Å². The van der Waals surface area contributed by atoms with Gasteiger partial charge in [-0.05, 0) is 24.7 Å². The quantitative estimate of drug-likeness (QED) is 0.616. The van der Waals surface area contributed by atoms with Crippen molar-refractivity contribution in [3.05, 3.63) is 0 Å². The lowest BCUT2D eigenvalue weighted by Crippen LogP contribution is -2.48. The average molecular weight is 228 g/mol. The maximum Gasteiger partial charge on any atom is 0.303 e. The van der Waals surface area contributed by atoms with Crippen LogP contribution in [0.2, 0.25) is 0 Å². The fraction of sp³-hybridized carbons (Fsp3) is 0.818. The molecule has 1 atom stereocenters. The van der Waals surface area contributed by atoms with Crippen molar-refractivity contribution in [2.24, 2.45) is 11.1 Å². The largest absolute Gasteiger partial charge is 0.481 e. The molecule has 1 aliphatic rings. The zero-order valence-electron chi connectivity index (χ0n) is 9.66. The highest BCUT2D eigenvalue weighted by Gasteiger charge is 2.39. The smallest absolute Gasteiger partial charge is 0.303 e. The van der Waals surface area contributed by atoms with E-state index in [1.165, 1.54) is 0 Å². The number of carbonyl (C=O) groups excluding carboxylic acids is 1. The van der Waals surface area contributed by atoms with E-state index < -0.39 is 12.0 Å². The van der Waals surface area contributed by atoms with Crippen molar-refractivity contribution in [3.8, 4) is 0 Å².